The van der Waals surface area contributed by atoms with Crippen LogP contribution in [0.5, 0.6) is 0 Å². The number of hydrogen-bond donors (Lipinski definition) is 0. The van der Waals surface area contributed by atoms with Gasteiger partial charge in [0.15, 0.2) is 5.65 Å². The molecule has 0 aliphatic carbocycles. The Labute approximate surface area is 161 Å². The third-order valence-corrected chi connectivity index (χ3v) is 5.48. The summed E-state index contributed by atoms with van der Waals surface area (Å²) in [7, 11) is 0. The predicted octanol–water partition coefficient (Wildman–Crippen LogP) is 1.65. The van der Waals surface area contributed by atoms with Gasteiger partial charge in [0.1, 0.15) is 5.52 Å². The molecule has 2 aliphatic rings. The van der Waals surface area contributed by atoms with Crippen LogP contribution in [0, 0.1) is 0 Å². The van der Waals surface area contributed by atoms with Crippen molar-refractivity contribution in [2.45, 2.75) is 32.5 Å². The van der Waals surface area contributed by atoms with Gasteiger partial charge in [0.05, 0.1) is 17.9 Å². The van der Waals surface area contributed by atoms with Crippen LogP contribution in [-0.2, 0) is 4.74 Å². The third-order valence-electron chi connectivity index (χ3n) is 5.48. The fraction of sp³-hybridized carbons (Fsp3) is 0.650. The molecule has 146 valence electrons. The number of morpholine rings is 1. The Morgan fingerprint density at radius 2 is 1.74 bits per heavy atom. The van der Waals surface area contributed by atoms with Crippen molar-refractivity contribution in [3.63, 3.8) is 0 Å². The van der Waals surface area contributed by atoms with E-state index in [0.29, 0.717) is 5.65 Å². The average molecular weight is 371 g/mol. The Balaban J connectivity index is 1.43. The van der Waals surface area contributed by atoms with Gasteiger partial charge in [0, 0.05) is 64.4 Å². The van der Waals surface area contributed by atoms with Crippen molar-refractivity contribution in [1.29, 1.82) is 0 Å². The van der Waals surface area contributed by atoms with Gasteiger partial charge in [-0.25, -0.2) is 15.0 Å². The molecule has 0 bridgehead atoms. The van der Waals surface area contributed by atoms with Gasteiger partial charge in [-0.15, -0.1) is 0 Å². The molecular weight excluding hydrogens is 340 g/mol. The normalized spacial score (nSPS) is 25.2. The van der Waals surface area contributed by atoms with Crippen molar-refractivity contribution in [2.75, 3.05) is 57.3 Å². The van der Waals surface area contributed by atoms with Crippen molar-refractivity contribution in [3.05, 3.63) is 24.7 Å². The molecule has 27 heavy (non-hydrogen) atoms. The Morgan fingerprint density at radius 3 is 2.56 bits per heavy atom. The molecule has 4 rings (SSSR count). The minimum Gasteiger partial charge on any atom is -0.370 e. The first-order valence-corrected chi connectivity index (χ1v) is 10.1. The number of hydrogen-bond acceptors (Lipinski definition) is 7. The fourth-order valence-electron chi connectivity index (χ4n) is 4.26. The van der Waals surface area contributed by atoms with Crippen molar-refractivity contribution in [2.24, 2.45) is 0 Å². The maximum atomic E-state index is 6.28. The van der Waals surface area contributed by atoms with Gasteiger partial charge in [-0.1, -0.05) is 6.92 Å². The number of aromatic nitrogens is 3. The van der Waals surface area contributed by atoms with E-state index in [-0.39, 0.29) is 12.2 Å². The number of anilines is 1. The first kappa shape index (κ1) is 18.5. The van der Waals surface area contributed by atoms with Crippen LogP contribution in [0.1, 0.15) is 20.3 Å². The Morgan fingerprint density at radius 1 is 1.00 bits per heavy atom. The number of ether oxygens (including phenoxy) is 1. The van der Waals surface area contributed by atoms with Gasteiger partial charge in [-0.3, -0.25) is 4.90 Å². The molecule has 2 aromatic rings. The second-order valence-electron chi connectivity index (χ2n) is 7.67. The number of fused-ring (bicyclic) bond motifs is 1. The molecule has 0 spiro atoms. The maximum Gasteiger partial charge on any atom is 0.180 e. The maximum absolute atomic E-state index is 6.28. The summed E-state index contributed by atoms with van der Waals surface area (Å²) in [5.74, 6) is 0. The topological polar surface area (TPSA) is 57.6 Å². The Hall–Kier alpha value is -1.83. The summed E-state index contributed by atoms with van der Waals surface area (Å²) in [5.41, 5.74) is 2.69. The molecular formula is C20H30N6O. The third kappa shape index (κ3) is 4.36. The summed E-state index contributed by atoms with van der Waals surface area (Å²) in [4.78, 5) is 20.7. The number of pyridine rings is 1. The lowest BCUT2D eigenvalue weighted by Gasteiger charge is -2.42. The average Bonchev–Trinajstić information content (AvgIpc) is 2.69. The molecule has 0 aromatic carbocycles. The molecule has 7 heteroatoms. The van der Waals surface area contributed by atoms with Crippen molar-refractivity contribution in [1.82, 2.24) is 24.8 Å². The van der Waals surface area contributed by atoms with E-state index in [2.05, 4.69) is 49.6 Å². The number of rotatable bonds is 5. The molecule has 2 saturated heterocycles. The zero-order chi connectivity index (χ0) is 18.6. The van der Waals surface area contributed by atoms with Crippen molar-refractivity contribution in [3.8, 4) is 0 Å². The summed E-state index contributed by atoms with van der Waals surface area (Å²) in [6.07, 6.45) is 6.92. The van der Waals surface area contributed by atoms with Crippen LogP contribution in [0.25, 0.3) is 11.2 Å². The fourth-order valence-corrected chi connectivity index (χ4v) is 4.26. The summed E-state index contributed by atoms with van der Waals surface area (Å²) >= 11 is 0. The van der Waals surface area contributed by atoms with E-state index in [1.807, 2.05) is 6.20 Å². The molecule has 0 N–H and O–H groups in total. The SMILES string of the molecule is CCCN1CCN(C[C@H]2CN(c3ccnc4nccnc34)C[C@@H](C)O2)CC1. The molecule has 0 unspecified atom stereocenters. The van der Waals surface area contributed by atoms with E-state index in [4.69, 9.17) is 4.74 Å². The molecule has 0 saturated carbocycles. The lowest BCUT2D eigenvalue weighted by molar-refractivity contribution is -0.0378. The lowest BCUT2D eigenvalue weighted by Crippen LogP contribution is -2.54. The standard InChI is InChI=1S/C20H30N6O/c1-3-8-24-9-11-25(12-10-24)14-17-15-26(13-16(2)27-17)18-4-5-22-20-19(18)21-6-7-23-20/h4-7,16-17H,3,8-15H2,1-2H3/t16-,17+/m1/s1. The van der Waals surface area contributed by atoms with Crippen molar-refractivity contribution >= 4 is 16.9 Å². The van der Waals surface area contributed by atoms with E-state index >= 15 is 0 Å². The number of piperazine rings is 1. The highest BCUT2D eigenvalue weighted by atomic mass is 16.5. The molecule has 4 heterocycles. The van der Waals surface area contributed by atoms with E-state index in [9.17, 15) is 0 Å². The lowest BCUT2D eigenvalue weighted by atomic mass is 10.1. The zero-order valence-electron chi connectivity index (χ0n) is 16.4. The van der Waals surface area contributed by atoms with Crippen LogP contribution in [0.3, 0.4) is 0 Å². The highest BCUT2D eigenvalue weighted by Crippen LogP contribution is 2.26. The molecule has 2 aliphatic heterocycles. The van der Waals surface area contributed by atoms with Crippen LogP contribution >= 0.6 is 0 Å². The molecule has 2 aromatic heterocycles. The van der Waals surface area contributed by atoms with Crippen LogP contribution in [0.15, 0.2) is 24.7 Å². The van der Waals surface area contributed by atoms with Gasteiger partial charge in [0.25, 0.3) is 0 Å². The van der Waals surface area contributed by atoms with Crippen LogP contribution < -0.4 is 4.90 Å². The highest BCUT2D eigenvalue weighted by molar-refractivity contribution is 5.85. The zero-order valence-corrected chi connectivity index (χ0v) is 16.4. The Kier molecular flexibility index (Phi) is 5.80. The molecule has 0 radical (unpaired) electrons. The first-order chi connectivity index (χ1) is 13.2. The smallest absolute Gasteiger partial charge is 0.180 e. The van der Waals surface area contributed by atoms with Gasteiger partial charge in [0.2, 0.25) is 0 Å². The molecule has 0 amide bonds. The monoisotopic (exact) mass is 370 g/mol. The van der Waals surface area contributed by atoms with E-state index in [0.717, 1.165) is 43.9 Å². The summed E-state index contributed by atoms with van der Waals surface area (Å²) < 4.78 is 6.28. The highest BCUT2D eigenvalue weighted by Gasteiger charge is 2.29. The predicted molar refractivity (Wildman–Crippen MR) is 107 cm³/mol. The second kappa shape index (κ2) is 8.46. The second-order valence-corrected chi connectivity index (χ2v) is 7.67. The van der Waals surface area contributed by atoms with Gasteiger partial charge >= 0.3 is 0 Å². The first-order valence-electron chi connectivity index (χ1n) is 10.1. The number of nitrogens with zero attached hydrogens (tertiary/aromatic N) is 6. The summed E-state index contributed by atoms with van der Waals surface area (Å²) in [5, 5.41) is 0. The van der Waals surface area contributed by atoms with Crippen LogP contribution in [-0.4, -0.2) is 89.3 Å². The van der Waals surface area contributed by atoms with Gasteiger partial charge < -0.3 is 14.5 Å². The van der Waals surface area contributed by atoms with Gasteiger partial charge in [-0.2, -0.15) is 0 Å². The van der Waals surface area contributed by atoms with E-state index in [1.165, 1.54) is 26.1 Å². The molecule has 2 fully saturated rings. The largest absolute Gasteiger partial charge is 0.370 e. The Bertz CT molecular complexity index is 743. The minimum absolute atomic E-state index is 0.199. The minimum atomic E-state index is 0.199. The van der Waals surface area contributed by atoms with Crippen LogP contribution in [0.2, 0.25) is 0 Å². The summed E-state index contributed by atoms with van der Waals surface area (Å²) in [6, 6.07) is 2.05. The van der Waals surface area contributed by atoms with E-state index < -0.39 is 0 Å². The van der Waals surface area contributed by atoms with Crippen LogP contribution in [0.4, 0.5) is 5.69 Å². The molecule has 2 atom stereocenters. The quantitative estimate of drug-likeness (QED) is 0.793. The molecule has 7 nitrogen and oxygen atoms in total. The van der Waals surface area contributed by atoms with Crippen molar-refractivity contribution < 1.29 is 4.74 Å². The van der Waals surface area contributed by atoms with E-state index in [1.54, 1.807) is 12.4 Å². The van der Waals surface area contributed by atoms with Gasteiger partial charge in [-0.05, 0) is 26.0 Å². The summed E-state index contributed by atoms with van der Waals surface area (Å²) in [6.45, 7) is 13.0.